The summed E-state index contributed by atoms with van der Waals surface area (Å²) in [6, 6.07) is 13.1. The summed E-state index contributed by atoms with van der Waals surface area (Å²) in [5, 5.41) is 59.9. The van der Waals surface area contributed by atoms with Crippen molar-refractivity contribution < 1.29 is 78.1 Å². The van der Waals surface area contributed by atoms with E-state index in [4.69, 9.17) is 42.6 Å². The lowest BCUT2D eigenvalue weighted by molar-refractivity contribution is -0.125. The van der Waals surface area contributed by atoms with E-state index in [1.165, 1.54) is 0 Å². The predicted octanol–water partition coefficient (Wildman–Crippen LogP) is 3.04. The van der Waals surface area contributed by atoms with Crippen LogP contribution in [0.5, 0.6) is 0 Å². The van der Waals surface area contributed by atoms with Gasteiger partial charge < -0.3 is 73.3 Å². The van der Waals surface area contributed by atoms with E-state index >= 15 is 0 Å². The standard InChI is InChI=1S/C46H78O16/c1-4-43(14-16-47,15-17-48)32-55-20-18-54-19-21-58-35-46(36-59-24-22-56-33-44(5-2,28-49)29-50,37-60-25-23-57-34-45(6-3,30-51)31-52)38-61-26-27-62-42(53)41-13-9-11-39-10-7-8-12-40(39)41/h7-13,47-52H,4-6,14-38H2,1-3H3. The van der Waals surface area contributed by atoms with Gasteiger partial charge in [0.05, 0.1) is 143 Å². The number of fused-ring (bicyclic) bond motifs is 1. The van der Waals surface area contributed by atoms with Crippen LogP contribution in [0.4, 0.5) is 0 Å². The minimum Gasteiger partial charge on any atom is -0.460 e. The van der Waals surface area contributed by atoms with E-state index in [1.54, 1.807) is 6.07 Å². The molecule has 6 N–H and O–H groups in total. The first kappa shape index (κ1) is 55.7. The number of aliphatic hydroxyl groups is 6. The highest BCUT2D eigenvalue weighted by Crippen LogP contribution is 2.31. The molecule has 0 amide bonds. The van der Waals surface area contributed by atoms with E-state index in [-0.39, 0.29) is 138 Å². The molecule has 16 heteroatoms. The lowest BCUT2D eigenvalue weighted by Crippen LogP contribution is -2.43. The number of hydrogen-bond acceptors (Lipinski definition) is 16. The van der Waals surface area contributed by atoms with E-state index in [2.05, 4.69) is 0 Å². The number of aliphatic hydroxyl groups excluding tert-OH is 6. The van der Waals surface area contributed by atoms with Gasteiger partial charge in [-0.3, -0.25) is 0 Å². The van der Waals surface area contributed by atoms with Crippen LogP contribution in [0, 0.1) is 21.7 Å². The molecule has 0 spiro atoms. The number of esters is 1. The molecule has 0 saturated heterocycles. The lowest BCUT2D eigenvalue weighted by Gasteiger charge is -2.33. The van der Waals surface area contributed by atoms with Gasteiger partial charge >= 0.3 is 5.97 Å². The molecule has 0 aliphatic carbocycles. The number of ether oxygens (including phenoxy) is 9. The fraction of sp³-hybridized carbons (Fsp3) is 0.761. The normalized spacial score (nSPS) is 12.7. The highest BCUT2D eigenvalue weighted by molar-refractivity contribution is 6.04. The van der Waals surface area contributed by atoms with Crippen LogP contribution < -0.4 is 0 Å². The first-order valence-electron chi connectivity index (χ1n) is 22.1. The average molecular weight is 887 g/mol. The van der Waals surface area contributed by atoms with Crippen LogP contribution in [0.1, 0.15) is 63.2 Å². The topological polar surface area (TPSA) is 222 Å². The molecule has 2 rings (SSSR count). The Balaban J connectivity index is 2.07. The lowest BCUT2D eigenvalue weighted by atomic mass is 9.80. The van der Waals surface area contributed by atoms with Crippen molar-refractivity contribution in [3.63, 3.8) is 0 Å². The third-order valence-electron chi connectivity index (χ3n) is 11.7. The van der Waals surface area contributed by atoms with Crippen LogP contribution in [0.3, 0.4) is 0 Å². The zero-order valence-electron chi connectivity index (χ0n) is 37.6. The molecule has 0 fully saturated rings. The molecule has 0 aliphatic rings. The number of carbonyl (C=O) groups is 1. The predicted molar refractivity (Wildman–Crippen MR) is 233 cm³/mol. The maximum atomic E-state index is 13.1. The van der Waals surface area contributed by atoms with Gasteiger partial charge in [-0.25, -0.2) is 4.79 Å². The van der Waals surface area contributed by atoms with Gasteiger partial charge in [-0.1, -0.05) is 57.2 Å². The van der Waals surface area contributed by atoms with E-state index in [1.807, 2.05) is 57.2 Å². The summed E-state index contributed by atoms with van der Waals surface area (Å²) >= 11 is 0. The summed E-state index contributed by atoms with van der Waals surface area (Å²) in [5.74, 6) is -0.457. The number of hydrogen-bond donors (Lipinski definition) is 6. The van der Waals surface area contributed by atoms with Gasteiger partial charge in [0, 0.05) is 24.0 Å². The number of benzene rings is 2. The van der Waals surface area contributed by atoms with E-state index < -0.39 is 22.2 Å². The van der Waals surface area contributed by atoms with Gasteiger partial charge in [-0.2, -0.15) is 0 Å². The quantitative estimate of drug-likeness (QED) is 0.0417. The molecule has 2 aromatic rings. The number of carbonyl (C=O) groups excluding carboxylic acids is 1. The summed E-state index contributed by atoms with van der Waals surface area (Å²) < 4.78 is 53.3. The monoisotopic (exact) mass is 887 g/mol. The zero-order chi connectivity index (χ0) is 45.4. The Labute approximate surface area is 368 Å². The van der Waals surface area contributed by atoms with Crippen LogP contribution in [-0.4, -0.2) is 189 Å². The minimum atomic E-state index is -0.849. The molecule has 0 aromatic heterocycles. The molecule has 0 radical (unpaired) electrons. The molecule has 0 saturated carbocycles. The molecule has 0 unspecified atom stereocenters. The van der Waals surface area contributed by atoms with E-state index in [9.17, 15) is 35.4 Å². The highest BCUT2D eigenvalue weighted by atomic mass is 16.6. The first-order chi connectivity index (χ1) is 30.1. The first-order valence-corrected chi connectivity index (χ1v) is 22.1. The van der Waals surface area contributed by atoms with Crippen LogP contribution in [0.25, 0.3) is 10.8 Å². The number of rotatable bonds is 41. The average Bonchev–Trinajstić information content (AvgIpc) is 3.30. The molecule has 0 heterocycles. The summed E-state index contributed by atoms with van der Waals surface area (Å²) in [6.45, 7) is 8.39. The third-order valence-corrected chi connectivity index (χ3v) is 11.7. The van der Waals surface area contributed by atoms with Crippen molar-refractivity contribution in [3.8, 4) is 0 Å². The Morgan fingerprint density at radius 3 is 1.19 bits per heavy atom. The molecule has 62 heavy (non-hydrogen) atoms. The van der Waals surface area contributed by atoms with Gasteiger partial charge in [-0.15, -0.1) is 0 Å². The summed E-state index contributed by atoms with van der Waals surface area (Å²) in [7, 11) is 0. The molecular formula is C46H78O16. The van der Waals surface area contributed by atoms with Crippen molar-refractivity contribution in [2.75, 3.05) is 152 Å². The maximum absolute atomic E-state index is 13.1. The van der Waals surface area contributed by atoms with Crippen LogP contribution >= 0.6 is 0 Å². The second kappa shape index (κ2) is 32.3. The Kier molecular flexibility index (Phi) is 29.0. The SMILES string of the molecule is CCC(CO)(CO)COCCOCC(COCCOCCOCC(CC)(CCO)CCO)(COCCOCC(CC)(CO)CO)COCCOC(=O)c1cccc2ccccc12. The van der Waals surface area contributed by atoms with Crippen molar-refractivity contribution in [1.82, 2.24) is 0 Å². The Bertz CT molecular complexity index is 1360. The Morgan fingerprint density at radius 1 is 0.435 bits per heavy atom. The van der Waals surface area contributed by atoms with Crippen molar-refractivity contribution in [2.45, 2.75) is 52.9 Å². The van der Waals surface area contributed by atoms with E-state index in [0.29, 0.717) is 51.1 Å². The summed E-state index contributed by atoms with van der Waals surface area (Å²) in [4.78, 5) is 13.1. The van der Waals surface area contributed by atoms with Gasteiger partial charge in [0.25, 0.3) is 0 Å². The smallest absolute Gasteiger partial charge is 0.338 e. The van der Waals surface area contributed by atoms with Crippen molar-refractivity contribution in [3.05, 3.63) is 48.0 Å². The fourth-order valence-corrected chi connectivity index (χ4v) is 6.65. The Morgan fingerprint density at radius 2 is 0.790 bits per heavy atom. The molecule has 0 bridgehead atoms. The Hall–Kier alpha value is -2.39. The minimum absolute atomic E-state index is 0.00145. The highest BCUT2D eigenvalue weighted by Gasteiger charge is 2.34. The molecule has 358 valence electrons. The van der Waals surface area contributed by atoms with Crippen LogP contribution in [0.2, 0.25) is 0 Å². The van der Waals surface area contributed by atoms with Crippen molar-refractivity contribution >= 4 is 16.7 Å². The molecule has 0 atom stereocenters. The van der Waals surface area contributed by atoms with Crippen LogP contribution in [0.15, 0.2) is 42.5 Å². The van der Waals surface area contributed by atoms with Gasteiger partial charge in [0.2, 0.25) is 0 Å². The third kappa shape index (κ3) is 19.8. The van der Waals surface area contributed by atoms with Crippen LogP contribution in [-0.2, 0) is 42.6 Å². The van der Waals surface area contributed by atoms with Crippen molar-refractivity contribution in [2.24, 2.45) is 21.7 Å². The zero-order valence-corrected chi connectivity index (χ0v) is 37.6. The summed E-state index contributed by atoms with van der Waals surface area (Å²) in [6.07, 6.45) is 2.96. The van der Waals surface area contributed by atoms with Crippen molar-refractivity contribution in [1.29, 1.82) is 0 Å². The maximum Gasteiger partial charge on any atom is 0.338 e. The summed E-state index contributed by atoms with van der Waals surface area (Å²) in [5.41, 5.74) is -2.14. The molecule has 0 aliphatic heterocycles. The van der Waals surface area contributed by atoms with E-state index in [0.717, 1.165) is 17.2 Å². The molecule has 2 aromatic carbocycles. The second-order valence-electron chi connectivity index (χ2n) is 16.3. The second-order valence-corrected chi connectivity index (χ2v) is 16.3. The largest absolute Gasteiger partial charge is 0.460 e. The van der Waals surface area contributed by atoms with Gasteiger partial charge in [0.1, 0.15) is 6.61 Å². The molecule has 16 nitrogen and oxygen atoms in total. The van der Waals surface area contributed by atoms with Gasteiger partial charge in [0.15, 0.2) is 0 Å². The van der Waals surface area contributed by atoms with Gasteiger partial charge in [-0.05, 0) is 54.4 Å². The fourth-order valence-electron chi connectivity index (χ4n) is 6.65. The molecular weight excluding hydrogens is 808 g/mol.